The lowest BCUT2D eigenvalue weighted by Crippen LogP contribution is -2.43. The highest BCUT2D eigenvalue weighted by molar-refractivity contribution is 5.96. The van der Waals surface area contributed by atoms with E-state index in [9.17, 15) is 9.18 Å². The third-order valence-electron chi connectivity index (χ3n) is 3.33. The molecule has 0 saturated carbocycles. The Morgan fingerprint density at radius 3 is 2.94 bits per heavy atom. The zero-order chi connectivity index (χ0) is 13.1. The van der Waals surface area contributed by atoms with Gasteiger partial charge in [0.15, 0.2) is 0 Å². The molecule has 1 saturated heterocycles. The molecule has 3 nitrogen and oxygen atoms in total. The Labute approximate surface area is 106 Å². The van der Waals surface area contributed by atoms with Crippen molar-refractivity contribution in [1.29, 1.82) is 5.26 Å². The van der Waals surface area contributed by atoms with Crippen LogP contribution in [0.3, 0.4) is 0 Å². The summed E-state index contributed by atoms with van der Waals surface area (Å²) >= 11 is 0. The minimum absolute atomic E-state index is 0.168. The van der Waals surface area contributed by atoms with Crippen molar-refractivity contribution in [2.45, 2.75) is 32.2 Å². The minimum Gasteiger partial charge on any atom is -0.323 e. The summed E-state index contributed by atoms with van der Waals surface area (Å²) in [5, 5.41) is 9.07. The van der Waals surface area contributed by atoms with Gasteiger partial charge in [-0.2, -0.15) is 5.26 Å². The Bertz CT molecular complexity index is 507. The molecule has 0 spiro atoms. The van der Waals surface area contributed by atoms with Gasteiger partial charge in [0.1, 0.15) is 11.9 Å². The summed E-state index contributed by atoms with van der Waals surface area (Å²) in [7, 11) is 0. The van der Waals surface area contributed by atoms with Crippen LogP contribution in [-0.2, 0) is 0 Å². The summed E-state index contributed by atoms with van der Waals surface area (Å²) in [4.78, 5) is 14.0. The van der Waals surface area contributed by atoms with Gasteiger partial charge in [-0.3, -0.25) is 4.79 Å². The molecule has 2 rings (SSSR count). The van der Waals surface area contributed by atoms with Gasteiger partial charge in [0.05, 0.1) is 6.07 Å². The zero-order valence-electron chi connectivity index (χ0n) is 10.3. The molecule has 1 aliphatic heterocycles. The van der Waals surface area contributed by atoms with Crippen molar-refractivity contribution in [3.63, 3.8) is 0 Å². The molecule has 0 bridgehead atoms. The summed E-state index contributed by atoms with van der Waals surface area (Å²) in [6, 6.07) is 5.94. The summed E-state index contributed by atoms with van der Waals surface area (Å²) < 4.78 is 13.0. The maximum atomic E-state index is 13.0. The Kier molecular flexibility index (Phi) is 3.61. The molecule has 0 aliphatic carbocycles. The van der Waals surface area contributed by atoms with Crippen LogP contribution in [0, 0.1) is 24.1 Å². The van der Waals surface area contributed by atoms with Crippen LogP contribution in [0.15, 0.2) is 18.2 Å². The smallest absolute Gasteiger partial charge is 0.255 e. The summed E-state index contributed by atoms with van der Waals surface area (Å²) in [6.07, 6.45) is 2.62. The van der Waals surface area contributed by atoms with E-state index in [2.05, 4.69) is 6.07 Å². The highest BCUT2D eigenvalue weighted by Crippen LogP contribution is 2.21. The SMILES string of the molecule is Cc1cc(F)ccc1C(=O)N1CCCCC1C#N. The third kappa shape index (κ3) is 2.35. The second kappa shape index (κ2) is 5.18. The minimum atomic E-state index is -0.351. The number of hydrogen-bond acceptors (Lipinski definition) is 2. The van der Waals surface area contributed by atoms with Crippen LogP contribution in [0.5, 0.6) is 0 Å². The standard InChI is InChI=1S/C14H15FN2O/c1-10-8-11(15)5-6-13(10)14(18)17-7-3-2-4-12(17)9-16/h5-6,8,12H,2-4,7H2,1H3. The summed E-state index contributed by atoms with van der Waals surface area (Å²) in [5.74, 6) is -0.515. The number of rotatable bonds is 1. The van der Waals surface area contributed by atoms with Crippen LogP contribution in [0.2, 0.25) is 0 Å². The molecule has 18 heavy (non-hydrogen) atoms. The zero-order valence-corrected chi connectivity index (χ0v) is 10.3. The van der Waals surface area contributed by atoms with Crippen molar-refractivity contribution < 1.29 is 9.18 Å². The first-order valence-electron chi connectivity index (χ1n) is 6.10. The van der Waals surface area contributed by atoms with Crippen LogP contribution in [0.25, 0.3) is 0 Å². The molecule has 1 atom stereocenters. The third-order valence-corrected chi connectivity index (χ3v) is 3.33. The largest absolute Gasteiger partial charge is 0.323 e. The molecule has 0 N–H and O–H groups in total. The monoisotopic (exact) mass is 246 g/mol. The van der Waals surface area contributed by atoms with E-state index in [4.69, 9.17) is 5.26 Å². The number of aryl methyl sites for hydroxylation is 1. The molecule has 0 aromatic heterocycles. The van der Waals surface area contributed by atoms with Gasteiger partial charge in [-0.05, 0) is 49.9 Å². The maximum Gasteiger partial charge on any atom is 0.255 e. The van der Waals surface area contributed by atoms with Crippen molar-refractivity contribution in [3.8, 4) is 6.07 Å². The van der Waals surface area contributed by atoms with E-state index in [0.717, 1.165) is 19.3 Å². The Morgan fingerprint density at radius 2 is 2.28 bits per heavy atom. The van der Waals surface area contributed by atoms with Crippen LogP contribution < -0.4 is 0 Å². The van der Waals surface area contributed by atoms with E-state index in [1.54, 1.807) is 11.8 Å². The molecular weight excluding hydrogens is 231 g/mol. The molecule has 1 heterocycles. The Balaban J connectivity index is 2.27. The van der Waals surface area contributed by atoms with Crippen molar-refractivity contribution >= 4 is 5.91 Å². The highest BCUT2D eigenvalue weighted by Gasteiger charge is 2.27. The molecule has 1 aliphatic rings. The Hall–Kier alpha value is -1.89. The first kappa shape index (κ1) is 12.6. The van der Waals surface area contributed by atoms with E-state index in [-0.39, 0.29) is 17.8 Å². The number of carbonyl (C=O) groups is 1. The average Bonchev–Trinajstić information content (AvgIpc) is 2.38. The second-order valence-electron chi connectivity index (χ2n) is 4.60. The van der Waals surface area contributed by atoms with Crippen molar-refractivity contribution in [3.05, 3.63) is 35.1 Å². The number of nitrogens with zero attached hydrogens (tertiary/aromatic N) is 2. The van der Waals surface area contributed by atoms with E-state index < -0.39 is 0 Å². The normalized spacial score (nSPS) is 19.4. The van der Waals surface area contributed by atoms with Gasteiger partial charge >= 0.3 is 0 Å². The van der Waals surface area contributed by atoms with E-state index in [1.165, 1.54) is 18.2 Å². The lowest BCUT2D eigenvalue weighted by Gasteiger charge is -2.31. The van der Waals surface area contributed by atoms with E-state index >= 15 is 0 Å². The molecule has 1 unspecified atom stereocenters. The van der Waals surface area contributed by atoms with Crippen LogP contribution in [0.1, 0.15) is 35.2 Å². The van der Waals surface area contributed by atoms with Gasteiger partial charge in [0.25, 0.3) is 5.91 Å². The van der Waals surface area contributed by atoms with Gasteiger partial charge in [-0.25, -0.2) is 4.39 Å². The number of nitriles is 1. The number of likely N-dealkylation sites (tertiary alicyclic amines) is 1. The summed E-state index contributed by atoms with van der Waals surface area (Å²) in [6.45, 7) is 2.31. The molecule has 1 aromatic rings. The number of piperidine rings is 1. The lowest BCUT2D eigenvalue weighted by molar-refractivity contribution is 0.0670. The molecule has 0 radical (unpaired) electrons. The number of halogens is 1. The van der Waals surface area contributed by atoms with E-state index in [0.29, 0.717) is 17.7 Å². The van der Waals surface area contributed by atoms with E-state index in [1.807, 2.05) is 0 Å². The van der Waals surface area contributed by atoms with Gasteiger partial charge in [-0.15, -0.1) is 0 Å². The van der Waals surface area contributed by atoms with Crippen LogP contribution in [0.4, 0.5) is 4.39 Å². The topological polar surface area (TPSA) is 44.1 Å². The van der Waals surface area contributed by atoms with Crippen molar-refractivity contribution in [2.24, 2.45) is 0 Å². The number of amides is 1. The molecular formula is C14H15FN2O. The van der Waals surface area contributed by atoms with Crippen molar-refractivity contribution in [2.75, 3.05) is 6.54 Å². The fourth-order valence-corrected chi connectivity index (χ4v) is 2.33. The molecule has 1 amide bonds. The average molecular weight is 246 g/mol. The highest BCUT2D eigenvalue weighted by atomic mass is 19.1. The predicted molar refractivity (Wildman–Crippen MR) is 65.4 cm³/mol. The number of hydrogen-bond donors (Lipinski definition) is 0. The first-order valence-corrected chi connectivity index (χ1v) is 6.10. The molecule has 1 fully saturated rings. The quantitative estimate of drug-likeness (QED) is 0.764. The fourth-order valence-electron chi connectivity index (χ4n) is 2.33. The van der Waals surface area contributed by atoms with Gasteiger partial charge in [-0.1, -0.05) is 0 Å². The van der Waals surface area contributed by atoms with Crippen LogP contribution in [-0.4, -0.2) is 23.4 Å². The lowest BCUT2D eigenvalue weighted by atomic mass is 10.0. The fraction of sp³-hybridized carbons (Fsp3) is 0.429. The summed E-state index contributed by atoms with van der Waals surface area (Å²) in [5.41, 5.74) is 1.10. The first-order chi connectivity index (χ1) is 8.63. The molecule has 4 heteroatoms. The van der Waals surface area contributed by atoms with Gasteiger partial charge in [0.2, 0.25) is 0 Å². The molecule has 1 aromatic carbocycles. The van der Waals surface area contributed by atoms with Crippen LogP contribution >= 0.6 is 0 Å². The Morgan fingerprint density at radius 1 is 1.50 bits per heavy atom. The van der Waals surface area contributed by atoms with Crippen molar-refractivity contribution in [1.82, 2.24) is 4.90 Å². The number of carbonyl (C=O) groups excluding carboxylic acids is 1. The number of benzene rings is 1. The van der Waals surface area contributed by atoms with Gasteiger partial charge in [0, 0.05) is 12.1 Å². The maximum absolute atomic E-state index is 13.0. The molecule has 94 valence electrons. The van der Waals surface area contributed by atoms with Gasteiger partial charge < -0.3 is 4.90 Å². The predicted octanol–water partition coefficient (Wildman–Crippen LogP) is 2.65. The second-order valence-corrected chi connectivity index (χ2v) is 4.60.